The lowest BCUT2D eigenvalue weighted by molar-refractivity contribution is 0.463. The number of halogens is 1. The average Bonchev–Trinajstić information content (AvgIpc) is 2.69. The molecule has 0 spiro atoms. The van der Waals surface area contributed by atoms with Crippen molar-refractivity contribution in [2.24, 2.45) is 5.92 Å². The number of rotatable bonds is 4. The third-order valence-corrected chi connectivity index (χ3v) is 5.66. The highest BCUT2D eigenvalue weighted by molar-refractivity contribution is 7.91. The van der Waals surface area contributed by atoms with Crippen LogP contribution in [0.3, 0.4) is 0 Å². The highest BCUT2D eigenvalue weighted by Crippen LogP contribution is 2.19. The van der Waals surface area contributed by atoms with E-state index in [9.17, 15) is 18.0 Å². The Morgan fingerprint density at radius 3 is 2.65 bits per heavy atom. The van der Waals surface area contributed by atoms with Gasteiger partial charge in [-0.15, -0.1) is 0 Å². The van der Waals surface area contributed by atoms with E-state index in [4.69, 9.17) is 11.6 Å². The van der Waals surface area contributed by atoms with Gasteiger partial charge in [0, 0.05) is 6.54 Å². The monoisotopic (exact) mass is 320 g/mol. The summed E-state index contributed by atoms with van der Waals surface area (Å²) in [4.78, 5) is 26.5. The van der Waals surface area contributed by atoms with E-state index in [0.29, 0.717) is 18.4 Å². The van der Waals surface area contributed by atoms with Gasteiger partial charge in [-0.3, -0.25) is 14.3 Å². The van der Waals surface area contributed by atoms with Gasteiger partial charge in [0.15, 0.2) is 9.84 Å². The van der Waals surface area contributed by atoms with Crippen molar-refractivity contribution in [2.45, 2.75) is 32.7 Å². The predicted molar refractivity (Wildman–Crippen MR) is 77.1 cm³/mol. The minimum atomic E-state index is -3.02. The molecule has 0 aliphatic carbocycles. The Kier molecular flexibility index (Phi) is 4.39. The Morgan fingerprint density at radius 2 is 2.10 bits per heavy atom. The summed E-state index contributed by atoms with van der Waals surface area (Å²) in [5.41, 5.74) is -0.608. The van der Waals surface area contributed by atoms with Crippen LogP contribution in [0.1, 0.15) is 25.3 Å². The van der Waals surface area contributed by atoms with Crippen molar-refractivity contribution < 1.29 is 8.42 Å². The molecular weight excluding hydrogens is 304 g/mol. The van der Waals surface area contributed by atoms with Crippen molar-refractivity contribution in [2.75, 3.05) is 11.5 Å². The van der Waals surface area contributed by atoms with Gasteiger partial charge in [-0.25, -0.2) is 13.2 Å². The zero-order valence-electron chi connectivity index (χ0n) is 11.2. The van der Waals surface area contributed by atoms with Gasteiger partial charge >= 0.3 is 5.69 Å². The Balaban J connectivity index is 2.35. The van der Waals surface area contributed by atoms with E-state index >= 15 is 0 Å². The fourth-order valence-electron chi connectivity index (χ4n) is 2.49. The molecule has 1 aliphatic heterocycles. The van der Waals surface area contributed by atoms with Crippen LogP contribution in [0.4, 0.5) is 0 Å². The molecule has 0 aromatic carbocycles. The second-order valence-corrected chi connectivity index (χ2v) is 7.76. The van der Waals surface area contributed by atoms with E-state index in [1.165, 1.54) is 0 Å². The van der Waals surface area contributed by atoms with Crippen LogP contribution in [-0.2, 0) is 22.8 Å². The zero-order chi connectivity index (χ0) is 14.9. The summed E-state index contributed by atoms with van der Waals surface area (Å²) in [7, 11) is -3.02. The number of hydrogen-bond acceptors (Lipinski definition) is 4. The molecule has 8 heteroatoms. The van der Waals surface area contributed by atoms with E-state index in [1.807, 2.05) is 6.92 Å². The van der Waals surface area contributed by atoms with Crippen LogP contribution in [0, 0.1) is 5.92 Å². The number of aromatic amines is 1. The lowest BCUT2D eigenvalue weighted by Gasteiger charge is -2.11. The fraction of sp³-hybridized carbons (Fsp3) is 0.667. The Hall–Kier alpha value is -1.08. The fourth-order valence-corrected chi connectivity index (χ4v) is 4.60. The first-order chi connectivity index (χ1) is 9.34. The summed E-state index contributed by atoms with van der Waals surface area (Å²) < 4.78 is 23.9. The van der Waals surface area contributed by atoms with Crippen molar-refractivity contribution in [3.05, 3.63) is 31.6 Å². The molecule has 112 valence electrons. The van der Waals surface area contributed by atoms with Gasteiger partial charge in [-0.2, -0.15) is 0 Å². The Morgan fingerprint density at radius 1 is 1.40 bits per heavy atom. The third kappa shape index (κ3) is 3.15. The summed E-state index contributed by atoms with van der Waals surface area (Å²) in [5.74, 6) is -0.0286. The van der Waals surface area contributed by atoms with E-state index in [2.05, 4.69) is 4.98 Å². The molecule has 1 unspecified atom stereocenters. The minimum absolute atomic E-state index is 0.0324. The van der Waals surface area contributed by atoms with Crippen LogP contribution in [0.2, 0.25) is 5.15 Å². The zero-order valence-corrected chi connectivity index (χ0v) is 12.8. The first-order valence-electron chi connectivity index (χ1n) is 6.56. The second-order valence-electron chi connectivity index (χ2n) is 5.16. The van der Waals surface area contributed by atoms with Crippen LogP contribution in [0.25, 0.3) is 0 Å². The Labute approximate surface area is 121 Å². The number of nitrogens with zero attached hydrogens (tertiary/aromatic N) is 1. The van der Waals surface area contributed by atoms with E-state index in [0.717, 1.165) is 11.0 Å². The smallest absolute Gasteiger partial charge is 0.297 e. The largest absolute Gasteiger partial charge is 0.329 e. The van der Waals surface area contributed by atoms with E-state index in [-0.39, 0.29) is 29.1 Å². The van der Waals surface area contributed by atoms with Crippen LogP contribution >= 0.6 is 11.6 Å². The summed E-state index contributed by atoms with van der Waals surface area (Å²) in [6.07, 6.45) is 1.70. The van der Waals surface area contributed by atoms with Gasteiger partial charge in [0.05, 0.1) is 17.1 Å². The van der Waals surface area contributed by atoms with Crippen molar-refractivity contribution in [1.29, 1.82) is 0 Å². The van der Waals surface area contributed by atoms with Crippen LogP contribution in [0.15, 0.2) is 9.59 Å². The van der Waals surface area contributed by atoms with Gasteiger partial charge in [0.2, 0.25) is 0 Å². The molecule has 6 nitrogen and oxygen atoms in total. The lowest BCUT2D eigenvalue weighted by atomic mass is 10.1. The summed E-state index contributed by atoms with van der Waals surface area (Å²) in [6, 6.07) is 0. The first-order valence-corrected chi connectivity index (χ1v) is 8.76. The molecule has 20 heavy (non-hydrogen) atoms. The van der Waals surface area contributed by atoms with Gasteiger partial charge < -0.3 is 0 Å². The standard InChI is InChI=1S/C12H17ClN2O4S/c1-2-3-9-10(13)14-12(17)15(11(9)16)6-8-4-5-20(18,19)7-8/h8H,2-7H2,1H3,(H,14,17). The maximum atomic E-state index is 12.3. The van der Waals surface area contributed by atoms with Crippen molar-refractivity contribution in [3.8, 4) is 0 Å². The van der Waals surface area contributed by atoms with Crippen molar-refractivity contribution in [1.82, 2.24) is 9.55 Å². The molecule has 1 aromatic heterocycles. The minimum Gasteiger partial charge on any atom is -0.297 e. The quantitative estimate of drug-likeness (QED) is 0.822. The Bertz CT molecular complexity index is 720. The molecule has 0 radical (unpaired) electrons. The molecule has 1 aliphatic rings. The maximum Gasteiger partial charge on any atom is 0.329 e. The normalized spacial score (nSPS) is 21.2. The highest BCUT2D eigenvalue weighted by Gasteiger charge is 2.29. The van der Waals surface area contributed by atoms with Crippen molar-refractivity contribution in [3.63, 3.8) is 0 Å². The SMILES string of the molecule is CCCc1c(Cl)[nH]c(=O)n(CC2CCS(=O)(=O)C2)c1=O. The summed E-state index contributed by atoms with van der Waals surface area (Å²) in [6.45, 7) is 2.04. The summed E-state index contributed by atoms with van der Waals surface area (Å²) in [5, 5.41) is 0.0807. The average molecular weight is 321 g/mol. The first kappa shape index (κ1) is 15.3. The molecule has 1 N–H and O–H groups in total. The topological polar surface area (TPSA) is 89.0 Å². The van der Waals surface area contributed by atoms with E-state index in [1.54, 1.807) is 0 Å². The lowest BCUT2D eigenvalue weighted by Crippen LogP contribution is -2.39. The van der Waals surface area contributed by atoms with Gasteiger partial charge in [-0.05, 0) is 18.8 Å². The van der Waals surface area contributed by atoms with Crippen molar-refractivity contribution >= 4 is 21.4 Å². The number of H-pyrrole nitrogens is 1. The molecular formula is C12H17ClN2O4S. The highest BCUT2D eigenvalue weighted by atomic mass is 35.5. The van der Waals surface area contributed by atoms with E-state index < -0.39 is 21.1 Å². The van der Waals surface area contributed by atoms with Gasteiger partial charge in [0.1, 0.15) is 5.15 Å². The molecule has 0 amide bonds. The number of hydrogen-bond donors (Lipinski definition) is 1. The maximum absolute atomic E-state index is 12.3. The molecule has 1 fully saturated rings. The number of sulfone groups is 1. The van der Waals surface area contributed by atoms with Crippen LogP contribution < -0.4 is 11.2 Å². The predicted octanol–water partition coefficient (Wildman–Crippen LogP) is 0.577. The molecule has 1 saturated heterocycles. The number of aromatic nitrogens is 2. The van der Waals surface area contributed by atoms with Crippen LogP contribution in [-0.4, -0.2) is 29.5 Å². The summed E-state index contributed by atoms with van der Waals surface area (Å²) >= 11 is 5.88. The molecule has 1 aromatic rings. The van der Waals surface area contributed by atoms with Gasteiger partial charge in [0.25, 0.3) is 5.56 Å². The molecule has 0 bridgehead atoms. The second kappa shape index (κ2) is 5.73. The van der Waals surface area contributed by atoms with Crippen LogP contribution in [0.5, 0.6) is 0 Å². The molecule has 1 atom stereocenters. The van der Waals surface area contributed by atoms with Gasteiger partial charge in [-0.1, -0.05) is 24.9 Å². The molecule has 2 rings (SSSR count). The third-order valence-electron chi connectivity index (χ3n) is 3.50. The number of nitrogens with one attached hydrogen (secondary N) is 1. The molecule has 2 heterocycles. The molecule has 0 saturated carbocycles.